The molecule has 0 heterocycles. The standard InChI is InChI=1S/C11H10ClF2NO2/c12-7-3-6(13)4-8(14)10(7)15-9(11(16)17)5-1-2-5/h3-5,9,15H,1-2H2,(H,16,17). The average Bonchev–Trinajstić information content (AvgIpc) is 2.99. The van der Waals surface area contributed by atoms with Crippen molar-refractivity contribution in [1.82, 2.24) is 0 Å². The fourth-order valence-corrected chi connectivity index (χ4v) is 1.90. The summed E-state index contributed by atoms with van der Waals surface area (Å²) in [7, 11) is 0. The van der Waals surface area contributed by atoms with Crippen LogP contribution in [0.25, 0.3) is 0 Å². The summed E-state index contributed by atoms with van der Waals surface area (Å²) >= 11 is 5.67. The quantitative estimate of drug-likeness (QED) is 0.876. The summed E-state index contributed by atoms with van der Waals surface area (Å²) < 4.78 is 26.2. The number of hydrogen-bond acceptors (Lipinski definition) is 2. The van der Waals surface area contributed by atoms with Gasteiger partial charge in [0.2, 0.25) is 0 Å². The molecule has 0 bridgehead atoms. The highest BCUT2D eigenvalue weighted by molar-refractivity contribution is 6.33. The van der Waals surface area contributed by atoms with Crippen molar-refractivity contribution in [3.05, 3.63) is 28.8 Å². The summed E-state index contributed by atoms with van der Waals surface area (Å²) in [5.74, 6) is -2.77. The zero-order chi connectivity index (χ0) is 12.6. The van der Waals surface area contributed by atoms with Gasteiger partial charge in [-0.2, -0.15) is 0 Å². The third-order valence-electron chi connectivity index (χ3n) is 2.67. The Morgan fingerprint density at radius 3 is 2.59 bits per heavy atom. The molecular weight excluding hydrogens is 252 g/mol. The number of hydrogen-bond donors (Lipinski definition) is 2. The lowest BCUT2D eigenvalue weighted by Gasteiger charge is -2.16. The maximum atomic E-state index is 13.4. The maximum Gasteiger partial charge on any atom is 0.326 e. The fraction of sp³-hybridized carbons (Fsp3) is 0.364. The molecule has 0 radical (unpaired) electrons. The molecule has 0 amide bonds. The normalized spacial score (nSPS) is 16.6. The van der Waals surface area contributed by atoms with Crippen molar-refractivity contribution >= 4 is 23.3 Å². The molecule has 1 saturated carbocycles. The lowest BCUT2D eigenvalue weighted by atomic mass is 10.1. The molecule has 6 heteroatoms. The first-order valence-electron chi connectivity index (χ1n) is 5.13. The molecule has 1 aromatic rings. The van der Waals surface area contributed by atoms with E-state index >= 15 is 0 Å². The number of aliphatic carboxylic acids is 1. The molecule has 17 heavy (non-hydrogen) atoms. The third kappa shape index (κ3) is 2.66. The topological polar surface area (TPSA) is 49.3 Å². The Labute approximate surface area is 101 Å². The highest BCUT2D eigenvalue weighted by Crippen LogP contribution is 2.36. The lowest BCUT2D eigenvalue weighted by molar-refractivity contribution is -0.138. The Morgan fingerprint density at radius 2 is 2.12 bits per heavy atom. The second kappa shape index (κ2) is 4.49. The molecule has 2 N–H and O–H groups in total. The van der Waals surface area contributed by atoms with Gasteiger partial charge in [0.05, 0.1) is 10.7 Å². The Bertz CT molecular complexity index is 440. The van der Waals surface area contributed by atoms with Crippen LogP contribution in [0.1, 0.15) is 12.8 Å². The summed E-state index contributed by atoms with van der Waals surface area (Å²) in [5, 5.41) is 11.4. The zero-order valence-electron chi connectivity index (χ0n) is 8.71. The van der Waals surface area contributed by atoms with E-state index in [4.69, 9.17) is 16.7 Å². The first-order chi connectivity index (χ1) is 7.99. The summed E-state index contributed by atoms with van der Waals surface area (Å²) in [6.45, 7) is 0. The Morgan fingerprint density at radius 1 is 1.47 bits per heavy atom. The van der Waals surface area contributed by atoms with Crippen LogP contribution < -0.4 is 5.32 Å². The van der Waals surface area contributed by atoms with Crippen molar-refractivity contribution in [3.63, 3.8) is 0 Å². The van der Waals surface area contributed by atoms with Crippen LogP contribution in [-0.4, -0.2) is 17.1 Å². The van der Waals surface area contributed by atoms with Crippen LogP contribution in [0.4, 0.5) is 14.5 Å². The van der Waals surface area contributed by atoms with Crippen LogP contribution in [0, 0.1) is 17.6 Å². The van der Waals surface area contributed by atoms with Crippen molar-refractivity contribution in [1.29, 1.82) is 0 Å². The number of carbonyl (C=O) groups is 1. The minimum Gasteiger partial charge on any atom is -0.480 e. The highest BCUT2D eigenvalue weighted by Gasteiger charge is 2.37. The first kappa shape index (κ1) is 12.1. The molecule has 1 atom stereocenters. The van der Waals surface area contributed by atoms with Crippen molar-refractivity contribution in [2.24, 2.45) is 5.92 Å². The number of nitrogens with one attached hydrogen (secondary N) is 1. The van der Waals surface area contributed by atoms with E-state index in [1.807, 2.05) is 0 Å². The van der Waals surface area contributed by atoms with Crippen LogP contribution >= 0.6 is 11.6 Å². The molecule has 0 saturated heterocycles. The fourth-order valence-electron chi connectivity index (χ4n) is 1.65. The smallest absolute Gasteiger partial charge is 0.326 e. The molecule has 1 aliphatic carbocycles. The Hall–Kier alpha value is -1.36. The van der Waals surface area contributed by atoms with E-state index in [-0.39, 0.29) is 16.6 Å². The number of rotatable bonds is 4. The van der Waals surface area contributed by atoms with Crippen molar-refractivity contribution < 1.29 is 18.7 Å². The van der Waals surface area contributed by atoms with Crippen LogP contribution in [0.5, 0.6) is 0 Å². The Kier molecular flexibility index (Phi) is 3.19. The number of carboxylic acid groups (broad SMARTS) is 1. The van der Waals surface area contributed by atoms with Crippen LogP contribution in [0.2, 0.25) is 5.02 Å². The van der Waals surface area contributed by atoms with Crippen LogP contribution in [-0.2, 0) is 4.79 Å². The summed E-state index contributed by atoms with van der Waals surface area (Å²) in [4.78, 5) is 11.0. The van der Waals surface area contributed by atoms with E-state index in [1.165, 1.54) is 0 Å². The van der Waals surface area contributed by atoms with E-state index in [2.05, 4.69) is 5.32 Å². The van der Waals surface area contributed by atoms with Gasteiger partial charge in [-0.05, 0) is 24.8 Å². The Balaban J connectivity index is 2.25. The van der Waals surface area contributed by atoms with Crippen molar-refractivity contribution in [2.75, 3.05) is 5.32 Å². The van der Waals surface area contributed by atoms with Gasteiger partial charge >= 0.3 is 5.97 Å². The molecule has 0 spiro atoms. The summed E-state index contributed by atoms with van der Waals surface area (Å²) in [5.41, 5.74) is -0.160. The molecule has 1 aliphatic rings. The predicted octanol–water partition coefficient (Wildman–Crippen LogP) is 2.89. The SMILES string of the molecule is O=C(O)C(Nc1c(F)cc(F)cc1Cl)C1CC1. The van der Waals surface area contributed by atoms with Gasteiger partial charge in [-0.3, -0.25) is 0 Å². The number of benzene rings is 1. The molecule has 1 fully saturated rings. The second-order valence-corrected chi connectivity index (χ2v) is 4.45. The summed E-state index contributed by atoms with van der Waals surface area (Å²) in [6.07, 6.45) is 1.56. The minimum absolute atomic E-state index is 0.0204. The van der Waals surface area contributed by atoms with Crippen molar-refractivity contribution in [3.8, 4) is 0 Å². The van der Waals surface area contributed by atoms with E-state index in [1.54, 1.807) is 0 Å². The molecule has 92 valence electrons. The zero-order valence-corrected chi connectivity index (χ0v) is 9.47. The van der Waals surface area contributed by atoms with Gasteiger partial charge in [-0.1, -0.05) is 11.6 Å². The molecule has 0 aromatic heterocycles. The third-order valence-corrected chi connectivity index (χ3v) is 2.96. The van der Waals surface area contributed by atoms with Gasteiger partial charge < -0.3 is 10.4 Å². The highest BCUT2D eigenvalue weighted by atomic mass is 35.5. The molecule has 2 rings (SSSR count). The van der Waals surface area contributed by atoms with Gasteiger partial charge in [0.1, 0.15) is 11.9 Å². The van der Waals surface area contributed by atoms with E-state index in [0.29, 0.717) is 6.07 Å². The van der Waals surface area contributed by atoms with E-state index < -0.39 is 23.6 Å². The van der Waals surface area contributed by atoms with Crippen LogP contribution in [0.3, 0.4) is 0 Å². The largest absolute Gasteiger partial charge is 0.480 e. The molecular formula is C11H10ClF2NO2. The van der Waals surface area contributed by atoms with Crippen molar-refractivity contribution in [2.45, 2.75) is 18.9 Å². The van der Waals surface area contributed by atoms with E-state index in [9.17, 15) is 13.6 Å². The van der Waals surface area contributed by atoms with Gasteiger partial charge in [-0.15, -0.1) is 0 Å². The van der Waals surface area contributed by atoms with E-state index in [0.717, 1.165) is 18.9 Å². The average molecular weight is 262 g/mol. The van der Waals surface area contributed by atoms with Crippen LogP contribution in [0.15, 0.2) is 12.1 Å². The monoisotopic (exact) mass is 261 g/mol. The van der Waals surface area contributed by atoms with Gasteiger partial charge in [0.25, 0.3) is 0 Å². The molecule has 1 aromatic carbocycles. The predicted molar refractivity (Wildman–Crippen MR) is 59.1 cm³/mol. The van der Waals surface area contributed by atoms with Gasteiger partial charge in [0.15, 0.2) is 5.82 Å². The lowest BCUT2D eigenvalue weighted by Crippen LogP contribution is -2.31. The molecule has 1 unspecified atom stereocenters. The number of halogens is 3. The number of carboxylic acids is 1. The summed E-state index contributed by atoms with van der Waals surface area (Å²) in [6, 6.07) is 0.728. The molecule has 0 aliphatic heterocycles. The first-order valence-corrected chi connectivity index (χ1v) is 5.50. The van der Waals surface area contributed by atoms with Gasteiger partial charge in [-0.25, -0.2) is 13.6 Å². The molecule has 3 nitrogen and oxygen atoms in total. The second-order valence-electron chi connectivity index (χ2n) is 4.04. The number of anilines is 1. The maximum absolute atomic E-state index is 13.4. The van der Waals surface area contributed by atoms with Gasteiger partial charge in [0, 0.05) is 6.07 Å². The minimum atomic E-state index is -1.06.